The predicted molar refractivity (Wildman–Crippen MR) is 95.8 cm³/mol. The number of benzene rings is 1. The van der Waals surface area contributed by atoms with E-state index in [1.165, 1.54) is 5.56 Å². The standard InChI is InChI=1S/C20H28N2O3/c1-15(23)17-8-11-21(12-9-17)20(25)18-13-19(24)22(14-18)10-7-16-5-3-2-4-6-16/h2-6,15,17-18,23H,7-14H2,1H3. The molecule has 1 aromatic carbocycles. The predicted octanol–water partition coefficient (Wildman–Crippen LogP) is 1.70. The summed E-state index contributed by atoms with van der Waals surface area (Å²) in [5.74, 6) is 0.288. The van der Waals surface area contributed by atoms with Crippen LogP contribution in [0.2, 0.25) is 0 Å². The zero-order valence-electron chi connectivity index (χ0n) is 14.9. The van der Waals surface area contributed by atoms with Crippen LogP contribution in [0.5, 0.6) is 0 Å². The van der Waals surface area contributed by atoms with Crippen molar-refractivity contribution in [1.82, 2.24) is 9.80 Å². The Morgan fingerprint density at radius 3 is 2.56 bits per heavy atom. The maximum absolute atomic E-state index is 12.7. The second kappa shape index (κ2) is 8.00. The van der Waals surface area contributed by atoms with Crippen LogP contribution in [0.25, 0.3) is 0 Å². The molecule has 0 aliphatic carbocycles. The third-order valence-electron chi connectivity index (χ3n) is 5.61. The summed E-state index contributed by atoms with van der Waals surface area (Å²) in [6.45, 7) is 4.44. The summed E-state index contributed by atoms with van der Waals surface area (Å²) in [4.78, 5) is 28.7. The van der Waals surface area contributed by atoms with Crippen molar-refractivity contribution in [2.24, 2.45) is 11.8 Å². The van der Waals surface area contributed by atoms with Crippen LogP contribution in [0.15, 0.2) is 30.3 Å². The number of aliphatic hydroxyl groups excluding tert-OH is 1. The zero-order valence-corrected chi connectivity index (χ0v) is 14.9. The molecule has 2 saturated heterocycles. The van der Waals surface area contributed by atoms with E-state index in [-0.39, 0.29) is 29.8 Å². The average Bonchev–Trinajstić information content (AvgIpc) is 3.01. The van der Waals surface area contributed by atoms with Gasteiger partial charge >= 0.3 is 0 Å². The summed E-state index contributed by atoms with van der Waals surface area (Å²) in [6.07, 6.45) is 2.56. The van der Waals surface area contributed by atoms with Gasteiger partial charge in [0.05, 0.1) is 12.0 Å². The monoisotopic (exact) mass is 344 g/mol. The summed E-state index contributed by atoms with van der Waals surface area (Å²) < 4.78 is 0. The number of rotatable bonds is 5. The fourth-order valence-corrected chi connectivity index (χ4v) is 3.92. The molecule has 1 aromatic rings. The van der Waals surface area contributed by atoms with Crippen molar-refractivity contribution < 1.29 is 14.7 Å². The normalized spacial score (nSPS) is 23.1. The van der Waals surface area contributed by atoms with Crippen molar-refractivity contribution in [3.63, 3.8) is 0 Å². The number of amides is 2. The van der Waals surface area contributed by atoms with Crippen LogP contribution in [-0.2, 0) is 16.0 Å². The molecular weight excluding hydrogens is 316 g/mol. The van der Waals surface area contributed by atoms with E-state index in [4.69, 9.17) is 0 Å². The highest BCUT2D eigenvalue weighted by atomic mass is 16.3. The SMILES string of the molecule is CC(O)C1CCN(C(=O)C2CC(=O)N(CCc3ccccc3)C2)CC1. The lowest BCUT2D eigenvalue weighted by atomic mass is 9.91. The molecule has 2 unspecified atom stereocenters. The number of hydrogen-bond acceptors (Lipinski definition) is 3. The molecule has 2 fully saturated rings. The molecule has 0 aromatic heterocycles. The maximum Gasteiger partial charge on any atom is 0.227 e. The lowest BCUT2D eigenvalue weighted by Gasteiger charge is -2.34. The molecule has 1 N–H and O–H groups in total. The van der Waals surface area contributed by atoms with Crippen LogP contribution in [0.4, 0.5) is 0 Å². The second-order valence-electron chi connectivity index (χ2n) is 7.38. The van der Waals surface area contributed by atoms with Crippen LogP contribution in [0, 0.1) is 11.8 Å². The minimum atomic E-state index is -0.307. The molecule has 25 heavy (non-hydrogen) atoms. The molecule has 2 amide bonds. The van der Waals surface area contributed by atoms with Gasteiger partial charge in [-0.25, -0.2) is 0 Å². The molecule has 0 bridgehead atoms. The minimum absolute atomic E-state index is 0.0909. The number of carbonyl (C=O) groups excluding carboxylic acids is 2. The van der Waals surface area contributed by atoms with E-state index in [2.05, 4.69) is 12.1 Å². The van der Waals surface area contributed by atoms with Crippen molar-refractivity contribution in [2.75, 3.05) is 26.2 Å². The second-order valence-corrected chi connectivity index (χ2v) is 7.38. The minimum Gasteiger partial charge on any atom is -0.393 e. The van der Waals surface area contributed by atoms with Crippen molar-refractivity contribution in [3.05, 3.63) is 35.9 Å². The number of piperidine rings is 1. The molecule has 5 nitrogen and oxygen atoms in total. The molecule has 2 aliphatic heterocycles. The Kier molecular flexibility index (Phi) is 5.74. The number of hydrogen-bond donors (Lipinski definition) is 1. The van der Waals surface area contributed by atoms with E-state index in [9.17, 15) is 14.7 Å². The zero-order chi connectivity index (χ0) is 17.8. The highest BCUT2D eigenvalue weighted by Gasteiger charge is 2.37. The van der Waals surface area contributed by atoms with Crippen LogP contribution in [0.1, 0.15) is 31.7 Å². The van der Waals surface area contributed by atoms with E-state index in [0.29, 0.717) is 32.6 Å². The lowest BCUT2D eigenvalue weighted by molar-refractivity contribution is -0.137. The lowest BCUT2D eigenvalue weighted by Crippen LogP contribution is -2.44. The fourth-order valence-electron chi connectivity index (χ4n) is 3.92. The molecular formula is C20H28N2O3. The third-order valence-corrected chi connectivity index (χ3v) is 5.61. The number of likely N-dealkylation sites (tertiary alicyclic amines) is 2. The molecule has 2 aliphatic rings. The quantitative estimate of drug-likeness (QED) is 0.884. The van der Waals surface area contributed by atoms with Crippen molar-refractivity contribution in [1.29, 1.82) is 0 Å². The topological polar surface area (TPSA) is 60.9 Å². The summed E-state index contributed by atoms with van der Waals surface area (Å²) in [7, 11) is 0. The number of nitrogens with zero attached hydrogens (tertiary/aromatic N) is 2. The van der Waals surface area contributed by atoms with Gasteiger partial charge in [-0.3, -0.25) is 9.59 Å². The summed E-state index contributed by atoms with van der Waals surface area (Å²) in [5, 5.41) is 9.68. The third kappa shape index (κ3) is 4.40. The number of aliphatic hydroxyl groups is 1. The smallest absolute Gasteiger partial charge is 0.227 e. The first-order chi connectivity index (χ1) is 12.0. The summed E-state index contributed by atoms with van der Waals surface area (Å²) in [6, 6.07) is 10.1. The maximum atomic E-state index is 12.7. The molecule has 3 rings (SSSR count). The molecule has 5 heteroatoms. The van der Waals surface area contributed by atoms with Gasteiger partial charge in [0.25, 0.3) is 0 Å². The Bertz CT molecular complexity index is 594. The number of carbonyl (C=O) groups is 2. The largest absolute Gasteiger partial charge is 0.393 e. The van der Waals surface area contributed by atoms with Crippen LogP contribution < -0.4 is 0 Å². The van der Waals surface area contributed by atoms with Crippen LogP contribution in [-0.4, -0.2) is 59.0 Å². The molecule has 136 valence electrons. The Morgan fingerprint density at radius 1 is 1.24 bits per heavy atom. The van der Waals surface area contributed by atoms with E-state index in [1.807, 2.05) is 34.9 Å². The van der Waals surface area contributed by atoms with Crippen molar-refractivity contribution >= 4 is 11.8 Å². The first kappa shape index (κ1) is 17.9. The Morgan fingerprint density at radius 2 is 1.92 bits per heavy atom. The van der Waals surface area contributed by atoms with Crippen LogP contribution in [0.3, 0.4) is 0 Å². The first-order valence-corrected chi connectivity index (χ1v) is 9.33. The van der Waals surface area contributed by atoms with Crippen molar-refractivity contribution in [2.45, 2.75) is 38.7 Å². The van der Waals surface area contributed by atoms with Gasteiger partial charge in [0, 0.05) is 32.6 Å². The van der Waals surface area contributed by atoms with Crippen molar-refractivity contribution in [3.8, 4) is 0 Å². The highest BCUT2D eigenvalue weighted by molar-refractivity contribution is 5.89. The average molecular weight is 344 g/mol. The van der Waals surface area contributed by atoms with Gasteiger partial charge in [-0.05, 0) is 37.7 Å². The van der Waals surface area contributed by atoms with Gasteiger partial charge in [0.2, 0.25) is 11.8 Å². The molecule has 0 saturated carbocycles. The van der Waals surface area contributed by atoms with Gasteiger partial charge < -0.3 is 14.9 Å². The summed E-state index contributed by atoms with van der Waals surface area (Å²) in [5.41, 5.74) is 1.21. The van der Waals surface area contributed by atoms with E-state index < -0.39 is 0 Å². The first-order valence-electron chi connectivity index (χ1n) is 9.33. The Labute approximate surface area is 149 Å². The van der Waals surface area contributed by atoms with Gasteiger partial charge in [0.15, 0.2) is 0 Å². The van der Waals surface area contributed by atoms with Gasteiger partial charge in [-0.1, -0.05) is 30.3 Å². The van der Waals surface area contributed by atoms with E-state index in [0.717, 1.165) is 19.3 Å². The Balaban J connectivity index is 1.49. The fraction of sp³-hybridized carbons (Fsp3) is 0.600. The van der Waals surface area contributed by atoms with Gasteiger partial charge in [-0.15, -0.1) is 0 Å². The molecule has 0 spiro atoms. The van der Waals surface area contributed by atoms with E-state index in [1.54, 1.807) is 0 Å². The van der Waals surface area contributed by atoms with Crippen LogP contribution >= 0.6 is 0 Å². The molecule has 0 radical (unpaired) electrons. The molecule has 2 atom stereocenters. The molecule has 2 heterocycles. The van der Waals surface area contributed by atoms with Gasteiger partial charge in [-0.2, -0.15) is 0 Å². The highest BCUT2D eigenvalue weighted by Crippen LogP contribution is 2.25. The summed E-state index contributed by atoms with van der Waals surface area (Å²) >= 11 is 0. The van der Waals surface area contributed by atoms with E-state index >= 15 is 0 Å². The van der Waals surface area contributed by atoms with Gasteiger partial charge in [0.1, 0.15) is 0 Å². The Hall–Kier alpha value is -1.88.